The first-order valence-electron chi connectivity index (χ1n) is 9.00. The van der Waals surface area contributed by atoms with Gasteiger partial charge in [0.1, 0.15) is 16.7 Å². The second-order valence-corrected chi connectivity index (χ2v) is 6.91. The number of hydrogen-bond acceptors (Lipinski definition) is 6. The molecule has 2 aromatic carbocycles. The van der Waals surface area contributed by atoms with Gasteiger partial charge in [-0.25, -0.2) is 4.79 Å². The smallest absolute Gasteiger partial charge is 0.347 e. The quantitative estimate of drug-likeness (QED) is 0.358. The van der Waals surface area contributed by atoms with Crippen LogP contribution in [0, 0.1) is 30.9 Å². The van der Waals surface area contributed by atoms with Crippen molar-refractivity contribution in [2.24, 2.45) is 0 Å². The molecule has 0 atom stereocenters. The molecular formula is C22H18N2O5. The van der Waals surface area contributed by atoms with Crippen molar-refractivity contribution in [1.82, 2.24) is 0 Å². The predicted octanol–water partition coefficient (Wildman–Crippen LogP) is 5.63. The van der Waals surface area contributed by atoms with Crippen molar-refractivity contribution < 1.29 is 13.8 Å². The van der Waals surface area contributed by atoms with Gasteiger partial charge >= 0.3 is 5.63 Å². The van der Waals surface area contributed by atoms with Gasteiger partial charge in [0.05, 0.1) is 16.1 Å². The molecule has 0 bridgehead atoms. The maximum absolute atomic E-state index is 12.6. The van der Waals surface area contributed by atoms with Gasteiger partial charge in [0.2, 0.25) is 5.88 Å². The second kappa shape index (κ2) is 6.94. The Morgan fingerprint density at radius 1 is 1.00 bits per heavy atom. The highest BCUT2D eigenvalue weighted by molar-refractivity contribution is 6.02. The van der Waals surface area contributed by atoms with E-state index in [4.69, 9.17) is 8.83 Å². The number of anilines is 2. The van der Waals surface area contributed by atoms with Crippen molar-refractivity contribution in [1.29, 1.82) is 0 Å². The average Bonchev–Trinajstić information content (AvgIpc) is 3.02. The number of benzene rings is 2. The summed E-state index contributed by atoms with van der Waals surface area (Å²) in [7, 11) is 0. The summed E-state index contributed by atoms with van der Waals surface area (Å²) in [6.45, 7) is 5.58. The van der Waals surface area contributed by atoms with Gasteiger partial charge in [-0.05, 0) is 38.5 Å². The lowest BCUT2D eigenvalue weighted by Gasteiger charge is -2.10. The number of nitro benzene ring substituents is 1. The Hall–Kier alpha value is -3.87. The van der Waals surface area contributed by atoms with Crippen LogP contribution >= 0.6 is 0 Å². The van der Waals surface area contributed by atoms with E-state index in [0.29, 0.717) is 16.9 Å². The van der Waals surface area contributed by atoms with Crippen LogP contribution in [-0.2, 0) is 0 Å². The van der Waals surface area contributed by atoms with Crippen LogP contribution in [0.4, 0.5) is 17.3 Å². The molecule has 4 aromatic rings. The first kappa shape index (κ1) is 18.5. The van der Waals surface area contributed by atoms with Crippen LogP contribution < -0.4 is 10.9 Å². The molecule has 0 radical (unpaired) electrons. The number of para-hydroxylation sites is 1. The summed E-state index contributed by atoms with van der Waals surface area (Å²) in [5.41, 5.74) is 3.01. The van der Waals surface area contributed by atoms with Gasteiger partial charge in [0.25, 0.3) is 5.69 Å². The zero-order valence-electron chi connectivity index (χ0n) is 16.1. The molecule has 7 nitrogen and oxygen atoms in total. The summed E-state index contributed by atoms with van der Waals surface area (Å²) in [6.07, 6.45) is 0. The fourth-order valence-electron chi connectivity index (χ4n) is 3.43. The largest absolute Gasteiger partial charge is 0.439 e. The summed E-state index contributed by atoms with van der Waals surface area (Å²) in [5.74, 6) is 0.641. The lowest BCUT2D eigenvalue weighted by atomic mass is 10.0. The molecule has 0 aliphatic carbocycles. The third-order valence-corrected chi connectivity index (χ3v) is 4.73. The molecule has 0 saturated heterocycles. The normalized spacial score (nSPS) is 11.0. The molecule has 2 aromatic heterocycles. The molecule has 2 heterocycles. The zero-order valence-corrected chi connectivity index (χ0v) is 16.1. The number of nitrogens with zero attached hydrogens (tertiary/aromatic N) is 1. The Balaban J connectivity index is 2.03. The Morgan fingerprint density at radius 3 is 2.48 bits per heavy atom. The monoisotopic (exact) mass is 390 g/mol. The summed E-state index contributed by atoms with van der Waals surface area (Å²) >= 11 is 0. The number of hydrogen-bond donors (Lipinski definition) is 1. The van der Waals surface area contributed by atoms with E-state index in [1.807, 2.05) is 32.0 Å². The minimum Gasteiger partial charge on any atom is -0.439 e. The van der Waals surface area contributed by atoms with Gasteiger partial charge in [-0.3, -0.25) is 10.1 Å². The van der Waals surface area contributed by atoms with E-state index >= 15 is 0 Å². The van der Waals surface area contributed by atoms with Gasteiger partial charge < -0.3 is 14.2 Å². The van der Waals surface area contributed by atoms with Crippen molar-refractivity contribution in [3.8, 4) is 11.1 Å². The van der Waals surface area contributed by atoms with E-state index in [9.17, 15) is 14.9 Å². The fraction of sp³-hybridized carbons (Fsp3) is 0.136. The van der Waals surface area contributed by atoms with Crippen LogP contribution in [0.3, 0.4) is 0 Å². The fourth-order valence-corrected chi connectivity index (χ4v) is 3.43. The summed E-state index contributed by atoms with van der Waals surface area (Å²) < 4.78 is 11.2. The van der Waals surface area contributed by atoms with Crippen LogP contribution in [0.1, 0.15) is 16.9 Å². The Labute approximate surface area is 165 Å². The van der Waals surface area contributed by atoms with Crippen molar-refractivity contribution >= 4 is 28.2 Å². The zero-order chi connectivity index (χ0) is 20.7. The molecular weight excluding hydrogens is 372 g/mol. The number of nitrogens with one attached hydrogen (secondary N) is 1. The second-order valence-electron chi connectivity index (χ2n) is 6.91. The molecule has 1 N–H and O–H groups in total. The molecule has 0 aliphatic rings. The van der Waals surface area contributed by atoms with Crippen LogP contribution in [-0.4, -0.2) is 4.92 Å². The Bertz CT molecular complexity index is 1320. The average molecular weight is 390 g/mol. The highest BCUT2D eigenvalue weighted by Crippen LogP contribution is 2.42. The number of rotatable bonds is 4. The molecule has 0 spiro atoms. The maximum atomic E-state index is 12.6. The van der Waals surface area contributed by atoms with Gasteiger partial charge in [0.15, 0.2) is 0 Å². The van der Waals surface area contributed by atoms with Gasteiger partial charge in [-0.2, -0.15) is 0 Å². The van der Waals surface area contributed by atoms with Crippen molar-refractivity contribution in [3.05, 3.63) is 86.0 Å². The van der Waals surface area contributed by atoms with Crippen LogP contribution in [0.5, 0.6) is 0 Å². The lowest BCUT2D eigenvalue weighted by molar-refractivity contribution is -0.384. The number of furan rings is 1. The predicted molar refractivity (Wildman–Crippen MR) is 111 cm³/mol. The highest BCUT2D eigenvalue weighted by Gasteiger charge is 2.26. The van der Waals surface area contributed by atoms with E-state index in [1.54, 1.807) is 31.2 Å². The van der Waals surface area contributed by atoms with E-state index < -0.39 is 10.5 Å². The highest BCUT2D eigenvalue weighted by atomic mass is 16.6. The molecule has 29 heavy (non-hydrogen) atoms. The van der Waals surface area contributed by atoms with Gasteiger partial charge in [-0.15, -0.1) is 0 Å². The van der Waals surface area contributed by atoms with E-state index in [0.717, 1.165) is 16.8 Å². The van der Waals surface area contributed by atoms with Crippen LogP contribution in [0.2, 0.25) is 0 Å². The number of fused-ring (bicyclic) bond motifs is 1. The number of nitro groups is 1. The van der Waals surface area contributed by atoms with Crippen LogP contribution in [0.15, 0.2) is 62.2 Å². The van der Waals surface area contributed by atoms with Gasteiger partial charge in [0, 0.05) is 17.8 Å². The minimum atomic E-state index is -0.606. The third-order valence-electron chi connectivity index (χ3n) is 4.73. The molecule has 0 amide bonds. The summed E-state index contributed by atoms with van der Waals surface area (Å²) in [5, 5.41) is 15.0. The Kier molecular flexibility index (Phi) is 4.43. The first-order chi connectivity index (χ1) is 13.8. The molecule has 146 valence electrons. The molecule has 7 heteroatoms. The standard InChI is InChI=1S/C22H18N2O5/c1-12-8-9-16(13(2)10-12)23-21-19(15-6-4-5-7-17(15)24(26)27)20-18(29-21)11-14(3)28-22(20)25/h4-11,23H,1-3H3. The van der Waals surface area contributed by atoms with E-state index in [2.05, 4.69) is 5.32 Å². The van der Waals surface area contributed by atoms with E-state index in [1.165, 1.54) is 6.07 Å². The van der Waals surface area contributed by atoms with Crippen molar-refractivity contribution in [2.45, 2.75) is 20.8 Å². The van der Waals surface area contributed by atoms with Crippen molar-refractivity contribution in [2.75, 3.05) is 5.32 Å². The minimum absolute atomic E-state index is 0.126. The molecule has 0 fully saturated rings. The summed E-state index contributed by atoms with van der Waals surface area (Å²) in [4.78, 5) is 23.8. The lowest BCUT2D eigenvalue weighted by Crippen LogP contribution is -2.02. The Morgan fingerprint density at radius 2 is 1.76 bits per heavy atom. The molecule has 0 saturated carbocycles. The maximum Gasteiger partial charge on any atom is 0.347 e. The van der Waals surface area contributed by atoms with Gasteiger partial charge in [-0.1, -0.05) is 29.8 Å². The van der Waals surface area contributed by atoms with E-state index in [-0.39, 0.29) is 22.5 Å². The van der Waals surface area contributed by atoms with Crippen molar-refractivity contribution in [3.63, 3.8) is 0 Å². The molecule has 0 aliphatic heterocycles. The molecule has 4 rings (SSSR count). The first-order valence-corrected chi connectivity index (χ1v) is 9.00. The topological polar surface area (TPSA) is 98.5 Å². The SMILES string of the molecule is Cc1ccc(Nc2oc3cc(C)oc(=O)c3c2-c2ccccc2[N+](=O)[O-])c(C)c1. The third kappa shape index (κ3) is 3.27. The molecule has 0 unspecified atom stereocenters. The van der Waals surface area contributed by atoms with Crippen LogP contribution in [0.25, 0.3) is 22.1 Å². The number of aryl methyl sites for hydroxylation is 3. The summed E-state index contributed by atoms with van der Waals surface area (Å²) in [6, 6.07) is 13.7.